The second-order valence-corrected chi connectivity index (χ2v) is 8.05. The average Bonchev–Trinajstić information content (AvgIpc) is 3.26. The molecule has 0 N–H and O–H groups in total. The van der Waals surface area contributed by atoms with Crippen LogP contribution < -0.4 is 9.47 Å². The molecule has 160 valence electrons. The normalized spacial score (nSPS) is 10.6. The average molecular weight is 443 g/mol. The number of aromatic nitrogens is 3. The van der Waals surface area contributed by atoms with E-state index in [0.29, 0.717) is 28.6 Å². The second kappa shape index (κ2) is 9.58. The van der Waals surface area contributed by atoms with Crippen molar-refractivity contribution in [3.8, 4) is 34.6 Å². The van der Waals surface area contributed by atoms with Gasteiger partial charge in [0.05, 0.1) is 25.9 Å². The van der Waals surface area contributed by atoms with Crippen molar-refractivity contribution >= 4 is 11.8 Å². The second-order valence-electron chi connectivity index (χ2n) is 7.10. The highest BCUT2D eigenvalue weighted by molar-refractivity contribution is 7.98. The molecule has 0 saturated heterocycles. The Morgan fingerprint density at radius 3 is 2.41 bits per heavy atom. The first-order valence-electron chi connectivity index (χ1n) is 10.00. The molecular formula is C25H22N4O2S. The molecule has 0 aliphatic carbocycles. The van der Waals surface area contributed by atoms with Crippen LogP contribution in [0.15, 0.2) is 71.9 Å². The van der Waals surface area contributed by atoms with Crippen molar-refractivity contribution in [1.82, 2.24) is 14.8 Å². The van der Waals surface area contributed by atoms with E-state index in [4.69, 9.17) is 9.47 Å². The quantitative estimate of drug-likeness (QED) is 0.356. The number of rotatable bonds is 7. The summed E-state index contributed by atoms with van der Waals surface area (Å²) in [4.78, 5) is 0. The van der Waals surface area contributed by atoms with Gasteiger partial charge >= 0.3 is 0 Å². The Morgan fingerprint density at radius 2 is 1.69 bits per heavy atom. The van der Waals surface area contributed by atoms with E-state index in [2.05, 4.69) is 47.5 Å². The Morgan fingerprint density at radius 1 is 0.938 bits per heavy atom. The lowest BCUT2D eigenvalue weighted by Gasteiger charge is -2.13. The summed E-state index contributed by atoms with van der Waals surface area (Å²) in [6.07, 6.45) is 0. The number of aryl methyl sites for hydroxylation is 1. The minimum Gasteiger partial charge on any atom is -0.493 e. The predicted octanol–water partition coefficient (Wildman–Crippen LogP) is 5.42. The van der Waals surface area contributed by atoms with Gasteiger partial charge in [0.2, 0.25) is 0 Å². The lowest BCUT2D eigenvalue weighted by molar-refractivity contribution is 0.355. The highest BCUT2D eigenvalue weighted by Gasteiger charge is 2.18. The van der Waals surface area contributed by atoms with Crippen LogP contribution in [0.5, 0.6) is 11.5 Å². The van der Waals surface area contributed by atoms with Crippen molar-refractivity contribution in [2.75, 3.05) is 14.2 Å². The molecule has 0 unspecified atom stereocenters. The van der Waals surface area contributed by atoms with E-state index in [0.717, 1.165) is 22.0 Å². The number of nitrogens with zero attached hydrogens (tertiary/aromatic N) is 4. The molecule has 4 rings (SSSR count). The number of thioether (sulfide) groups is 1. The molecule has 0 fully saturated rings. The van der Waals surface area contributed by atoms with E-state index in [1.807, 2.05) is 47.0 Å². The van der Waals surface area contributed by atoms with Crippen molar-refractivity contribution in [2.24, 2.45) is 0 Å². The van der Waals surface area contributed by atoms with E-state index in [1.54, 1.807) is 26.0 Å². The molecule has 1 heterocycles. The lowest BCUT2D eigenvalue weighted by atomic mass is 10.1. The summed E-state index contributed by atoms with van der Waals surface area (Å²) >= 11 is 1.54. The van der Waals surface area contributed by atoms with E-state index < -0.39 is 0 Å². The smallest absolute Gasteiger partial charge is 0.196 e. The molecule has 0 bridgehead atoms. The molecular weight excluding hydrogens is 420 g/mol. The lowest BCUT2D eigenvalue weighted by Crippen LogP contribution is -2.01. The molecule has 0 aliphatic heterocycles. The Hall–Kier alpha value is -3.76. The molecule has 6 nitrogen and oxygen atoms in total. The van der Waals surface area contributed by atoms with Crippen molar-refractivity contribution in [1.29, 1.82) is 5.26 Å². The van der Waals surface area contributed by atoms with Crippen LogP contribution in [0.1, 0.15) is 16.7 Å². The first-order valence-corrected chi connectivity index (χ1v) is 11.0. The highest BCUT2D eigenvalue weighted by atomic mass is 32.2. The monoisotopic (exact) mass is 442 g/mol. The van der Waals surface area contributed by atoms with E-state index >= 15 is 0 Å². The minimum absolute atomic E-state index is 0.611. The number of hydrogen-bond donors (Lipinski definition) is 0. The molecule has 7 heteroatoms. The van der Waals surface area contributed by atoms with E-state index in [-0.39, 0.29) is 0 Å². The third kappa shape index (κ3) is 4.32. The molecule has 0 saturated carbocycles. The van der Waals surface area contributed by atoms with Gasteiger partial charge in [-0.25, -0.2) is 0 Å². The Bertz CT molecular complexity index is 1280. The van der Waals surface area contributed by atoms with Gasteiger partial charge in [-0.05, 0) is 48.9 Å². The highest BCUT2D eigenvalue weighted by Crippen LogP contribution is 2.35. The largest absolute Gasteiger partial charge is 0.493 e. The summed E-state index contributed by atoms with van der Waals surface area (Å²) in [6, 6.07) is 23.8. The fraction of sp³-hybridized carbons (Fsp3) is 0.160. The fourth-order valence-electron chi connectivity index (χ4n) is 3.35. The molecule has 1 aromatic heterocycles. The maximum atomic E-state index is 9.40. The van der Waals surface area contributed by atoms with Gasteiger partial charge in [0.25, 0.3) is 0 Å². The minimum atomic E-state index is 0.611. The summed E-state index contributed by atoms with van der Waals surface area (Å²) in [5.41, 5.74) is 4.63. The van der Waals surface area contributed by atoms with Gasteiger partial charge in [-0.2, -0.15) is 5.26 Å². The third-order valence-corrected chi connectivity index (χ3v) is 6.04. The van der Waals surface area contributed by atoms with E-state index in [1.165, 1.54) is 5.56 Å². The van der Waals surface area contributed by atoms with Gasteiger partial charge in [-0.1, -0.05) is 47.7 Å². The molecule has 0 amide bonds. The summed E-state index contributed by atoms with van der Waals surface area (Å²) in [7, 11) is 3.22. The number of ether oxygens (including phenoxy) is 2. The standard InChI is InChI=1S/C25H22N4O2S/c1-17-8-11-21(12-9-17)29-24(18-10-13-22(30-2)23(14-18)31-3)27-28-25(29)32-16-20-7-5-4-6-19(20)15-26/h4-14H,16H2,1-3H3. The fourth-order valence-corrected chi connectivity index (χ4v) is 4.31. The maximum absolute atomic E-state index is 9.40. The first-order chi connectivity index (χ1) is 15.6. The van der Waals surface area contributed by atoms with Crippen LogP contribution in [0.3, 0.4) is 0 Å². The van der Waals surface area contributed by atoms with Crippen LogP contribution in [-0.2, 0) is 5.75 Å². The van der Waals surface area contributed by atoms with Gasteiger partial charge in [-0.3, -0.25) is 4.57 Å². The molecule has 0 spiro atoms. The molecule has 0 atom stereocenters. The summed E-state index contributed by atoms with van der Waals surface area (Å²) in [5.74, 6) is 2.59. The van der Waals surface area contributed by atoms with Gasteiger partial charge in [0.1, 0.15) is 0 Å². The SMILES string of the molecule is COc1ccc(-c2nnc(SCc3ccccc3C#N)n2-c2ccc(C)cc2)cc1OC. The number of hydrogen-bond acceptors (Lipinski definition) is 6. The maximum Gasteiger partial charge on any atom is 0.196 e. The molecule has 0 radical (unpaired) electrons. The zero-order chi connectivity index (χ0) is 22.5. The van der Waals surface area contributed by atoms with Gasteiger partial charge < -0.3 is 9.47 Å². The summed E-state index contributed by atoms with van der Waals surface area (Å²) in [6.45, 7) is 2.06. The van der Waals surface area contributed by atoms with Crippen LogP contribution in [0, 0.1) is 18.3 Å². The third-order valence-electron chi connectivity index (χ3n) is 5.06. The van der Waals surface area contributed by atoms with Crippen molar-refractivity contribution in [3.05, 3.63) is 83.4 Å². The Labute approximate surface area is 191 Å². The summed E-state index contributed by atoms with van der Waals surface area (Å²) in [5, 5.41) is 19.1. The summed E-state index contributed by atoms with van der Waals surface area (Å²) < 4.78 is 12.9. The first kappa shape index (κ1) is 21.5. The van der Waals surface area contributed by atoms with Crippen LogP contribution in [0.4, 0.5) is 0 Å². The topological polar surface area (TPSA) is 73.0 Å². The van der Waals surface area contributed by atoms with Crippen molar-refractivity contribution in [3.63, 3.8) is 0 Å². The Kier molecular flexibility index (Phi) is 6.43. The predicted molar refractivity (Wildman–Crippen MR) is 125 cm³/mol. The van der Waals surface area contributed by atoms with E-state index in [9.17, 15) is 5.26 Å². The van der Waals surface area contributed by atoms with Crippen molar-refractivity contribution < 1.29 is 9.47 Å². The van der Waals surface area contributed by atoms with Gasteiger partial charge in [0.15, 0.2) is 22.5 Å². The van der Waals surface area contributed by atoms with Gasteiger partial charge in [-0.15, -0.1) is 10.2 Å². The number of benzene rings is 3. The molecule has 3 aromatic carbocycles. The number of methoxy groups -OCH3 is 2. The number of nitriles is 1. The zero-order valence-electron chi connectivity index (χ0n) is 18.1. The Balaban J connectivity index is 1.77. The van der Waals surface area contributed by atoms with Crippen LogP contribution in [0.25, 0.3) is 17.1 Å². The molecule has 32 heavy (non-hydrogen) atoms. The van der Waals surface area contributed by atoms with Gasteiger partial charge in [0, 0.05) is 17.0 Å². The zero-order valence-corrected chi connectivity index (χ0v) is 18.9. The van der Waals surface area contributed by atoms with Crippen molar-refractivity contribution in [2.45, 2.75) is 17.8 Å². The van der Waals surface area contributed by atoms with Crippen LogP contribution >= 0.6 is 11.8 Å². The van der Waals surface area contributed by atoms with Crippen LogP contribution in [0.2, 0.25) is 0 Å². The molecule has 4 aromatic rings. The molecule has 0 aliphatic rings. The van der Waals surface area contributed by atoms with Crippen LogP contribution in [-0.4, -0.2) is 29.0 Å².